The first kappa shape index (κ1) is 18.0. The fourth-order valence-electron chi connectivity index (χ4n) is 3.41. The minimum atomic E-state index is 0.0372. The van der Waals surface area contributed by atoms with Gasteiger partial charge < -0.3 is 14.0 Å². The summed E-state index contributed by atoms with van der Waals surface area (Å²) in [5.41, 5.74) is 2.77. The van der Waals surface area contributed by atoms with Crippen LogP contribution in [-0.4, -0.2) is 58.4 Å². The van der Waals surface area contributed by atoms with Crippen LogP contribution >= 0.6 is 15.9 Å². The molecule has 0 saturated carbocycles. The Morgan fingerprint density at radius 3 is 2.78 bits per heavy atom. The van der Waals surface area contributed by atoms with E-state index in [0.717, 1.165) is 29.8 Å². The third kappa shape index (κ3) is 3.70. The predicted octanol–water partition coefficient (Wildman–Crippen LogP) is 3.06. The summed E-state index contributed by atoms with van der Waals surface area (Å²) in [5.74, 6) is 0.725. The molecular formula is C20H21BrN4O2. The molecule has 2 aromatic heterocycles. The van der Waals surface area contributed by atoms with Crippen molar-refractivity contribution in [3.8, 4) is 5.75 Å². The van der Waals surface area contributed by atoms with E-state index in [9.17, 15) is 4.79 Å². The van der Waals surface area contributed by atoms with Gasteiger partial charge in [-0.25, -0.2) is 4.98 Å². The lowest BCUT2D eigenvalue weighted by Crippen LogP contribution is -2.48. The van der Waals surface area contributed by atoms with E-state index in [1.54, 1.807) is 13.2 Å². The lowest BCUT2D eigenvalue weighted by Gasteiger charge is -2.34. The van der Waals surface area contributed by atoms with E-state index in [4.69, 9.17) is 4.74 Å². The summed E-state index contributed by atoms with van der Waals surface area (Å²) < 4.78 is 8.16. The molecule has 6 nitrogen and oxygen atoms in total. The van der Waals surface area contributed by atoms with Crippen LogP contribution in [0.15, 0.2) is 53.3 Å². The third-order valence-corrected chi connectivity index (χ3v) is 5.63. The average molecular weight is 429 g/mol. The zero-order valence-electron chi connectivity index (χ0n) is 15.1. The molecule has 0 N–H and O–H groups in total. The SMILES string of the molecule is COc1ccc(Br)c(C(=O)N2CCN(Cc3cnc4ccccn34)CC2)c1. The van der Waals surface area contributed by atoms with Gasteiger partial charge in [0.15, 0.2) is 0 Å². The van der Waals surface area contributed by atoms with Crippen LogP contribution in [0.1, 0.15) is 16.1 Å². The number of imidazole rings is 1. The van der Waals surface area contributed by atoms with E-state index in [2.05, 4.69) is 30.2 Å². The molecule has 140 valence electrons. The van der Waals surface area contributed by atoms with Crippen molar-refractivity contribution in [2.45, 2.75) is 6.54 Å². The number of methoxy groups -OCH3 is 1. The number of hydrogen-bond donors (Lipinski definition) is 0. The molecule has 7 heteroatoms. The maximum Gasteiger partial charge on any atom is 0.255 e. The Morgan fingerprint density at radius 2 is 2.00 bits per heavy atom. The number of amides is 1. The zero-order valence-corrected chi connectivity index (χ0v) is 16.7. The van der Waals surface area contributed by atoms with E-state index >= 15 is 0 Å². The summed E-state index contributed by atoms with van der Waals surface area (Å²) in [5, 5.41) is 0. The van der Waals surface area contributed by atoms with Crippen LogP contribution in [-0.2, 0) is 6.54 Å². The van der Waals surface area contributed by atoms with Crippen LogP contribution in [0.5, 0.6) is 5.75 Å². The van der Waals surface area contributed by atoms with Gasteiger partial charge in [-0.1, -0.05) is 6.07 Å². The molecule has 1 aliphatic rings. The predicted molar refractivity (Wildman–Crippen MR) is 107 cm³/mol. The van der Waals surface area contributed by atoms with Gasteiger partial charge in [0.2, 0.25) is 0 Å². The normalized spacial score (nSPS) is 15.3. The molecule has 1 saturated heterocycles. The van der Waals surface area contributed by atoms with Crippen LogP contribution in [0.2, 0.25) is 0 Å². The summed E-state index contributed by atoms with van der Waals surface area (Å²) in [7, 11) is 1.61. The largest absolute Gasteiger partial charge is 0.497 e. The third-order valence-electron chi connectivity index (χ3n) is 4.94. The second-order valence-electron chi connectivity index (χ2n) is 6.59. The Hall–Kier alpha value is -2.38. The van der Waals surface area contributed by atoms with Crippen LogP contribution in [0.25, 0.3) is 5.65 Å². The van der Waals surface area contributed by atoms with Crippen molar-refractivity contribution in [1.29, 1.82) is 0 Å². The lowest BCUT2D eigenvalue weighted by molar-refractivity contribution is 0.0625. The summed E-state index contributed by atoms with van der Waals surface area (Å²) >= 11 is 3.48. The number of nitrogens with zero attached hydrogens (tertiary/aromatic N) is 4. The number of carbonyl (C=O) groups excluding carboxylic acids is 1. The van der Waals surface area contributed by atoms with Crippen LogP contribution < -0.4 is 4.74 Å². The fraction of sp³-hybridized carbons (Fsp3) is 0.300. The number of halogens is 1. The van der Waals surface area contributed by atoms with E-state index < -0.39 is 0 Å². The Balaban J connectivity index is 1.41. The molecule has 1 amide bonds. The number of ether oxygens (including phenoxy) is 1. The molecule has 3 heterocycles. The number of benzene rings is 1. The highest BCUT2D eigenvalue weighted by Crippen LogP contribution is 2.24. The Labute approximate surface area is 166 Å². The second kappa shape index (κ2) is 7.70. The van der Waals surface area contributed by atoms with Crippen molar-refractivity contribution >= 4 is 27.5 Å². The molecule has 3 aromatic rings. The van der Waals surface area contributed by atoms with E-state index in [1.807, 2.05) is 47.6 Å². The van der Waals surface area contributed by atoms with Gasteiger partial charge in [0.05, 0.1) is 24.6 Å². The van der Waals surface area contributed by atoms with Crippen LogP contribution in [0, 0.1) is 0 Å². The maximum atomic E-state index is 12.9. The van der Waals surface area contributed by atoms with Crippen LogP contribution in [0.3, 0.4) is 0 Å². The highest BCUT2D eigenvalue weighted by atomic mass is 79.9. The van der Waals surface area contributed by atoms with Gasteiger partial charge in [-0.3, -0.25) is 9.69 Å². The lowest BCUT2D eigenvalue weighted by atomic mass is 10.1. The molecule has 1 aromatic carbocycles. The number of piperazine rings is 1. The summed E-state index contributed by atoms with van der Waals surface area (Å²) in [4.78, 5) is 21.6. The molecule has 1 aliphatic heterocycles. The van der Waals surface area contributed by atoms with Crippen molar-refractivity contribution in [2.75, 3.05) is 33.3 Å². The molecule has 4 rings (SSSR count). The van der Waals surface area contributed by atoms with E-state index in [0.29, 0.717) is 24.4 Å². The molecule has 0 unspecified atom stereocenters. The summed E-state index contributed by atoms with van der Waals surface area (Å²) in [6.07, 6.45) is 3.97. The highest BCUT2D eigenvalue weighted by Gasteiger charge is 2.24. The number of hydrogen-bond acceptors (Lipinski definition) is 4. The Morgan fingerprint density at radius 1 is 1.19 bits per heavy atom. The first-order valence-corrected chi connectivity index (χ1v) is 9.71. The van der Waals surface area contributed by atoms with Gasteiger partial charge in [-0.2, -0.15) is 0 Å². The Kier molecular flexibility index (Phi) is 5.13. The number of aromatic nitrogens is 2. The van der Waals surface area contributed by atoms with Crippen LogP contribution in [0.4, 0.5) is 0 Å². The standard InChI is InChI=1S/C20H21BrN4O2/c1-27-16-5-6-18(21)17(12-16)20(26)24-10-8-23(9-11-24)14-15-13-22-19-4-2-3-7-25(15)19/h2-7,12-13H,8-11,14H2,1H3. The van der Waals surface area contributed by atoms with Gasteiger partial charge in [0, 0.05) is 43.4 Å². The smallest absolute Gasteiger partial charge is 0.255 e. The van der Waals surface area contributed by atoms with Gasteiger partial charge in [-0.15, -0.1) is 0 Å². The number of fused-ring (bicyclic) bond motifs is 1. The molecular weight excluding hydrogens is 408 g/mol. The number of carbonyl (C=O) groups is 1. The van der Waals surface area contributed by atoms with Crippen molar-refractivity contribution in [2.24, 2.45) is 0 Å². The van der Waals surface area contributed by atoms with Gasteiger partial charge >= 0.3 is 0 Å². The maximum absolute atomic E-state index is 12.9. The van der Waals surface area contributed by atoms with Crippen molar-refractivity contribution < 1.29 is 9.53 Å². The van der Waals surface area contributed by atoms with Crippen molar-refractivity contribution in [3.63, 3.8) is 0 Å². The van der Waals surface area contributed by atoms with Gasteiger partial charge in [-0.05, 0) is 46.3 Å². The molecule has 27 heavy (non-hydrogen) atoms. The molecule has 0 bridgehead atoms. The first-order valence-electron chi connectivity index (χ1n) is 8.92. The molecule has 0 spiro atoms. The zero-order chi connectivity index (χ0) is 18.8. The van der Waals surface area contributed by atoms with Crippen molar-refractivity contribution in [3.05, 3.63) is 64.5 Å². The molecule has 0 aliphatic carbocycles. The minimum absolute atomic E-state index is 0.0372. The topological polar surface area (TPSA) is 50.1 Å². The van der Waals surface area contributed by atoms with E-state index in [-0.39, 0.29) is 5.91 Å². The monoisotopic (exact) mass is 428 g/mol. The van der Waals surface area contributed by atoms with Gasteiger partial charge in [0.25, 0.3) is 5.91 Å². The number of rotatable bonds is 4. The second-order valence-corrected chi connectivity index (χ2v) is 7.45. The number of pyridine rings is 1. The van der Waals surface area contributed by atoms with E-state index in [1.165, 1.54) is 5.69 Å². The first-order chi connectivity index (χ1) is 13.2. The molecule has 1 fully saturated rings. The van der Waals surface area contributed by atoms with Crippen molar-refractivity contribution in [1.82, 2.24) is 19.2 Å². The molecule has 0 atom stereocenters. The average Bonchev–Trinajstić information content (AvgIpc) is 3.11. The Bertz CT molecular complexity index is 964. The summed E-state index contributed by atoms with van der Waals surface area (Å²) in [6.45, 7) is 3.93. The highest BCUT2D eigenvalue weighted by molar-refractivity contribution is 9.10. The quantitative estimate of drug-likeness (QED) is 0.640. The minimum Gasteiger partial charge on any atom is -0.497 e. The fourth-order valence-corrected chi connectivity index (χ4v) is 3.82. The molecule has 0 radical (unpaired) electrons. The van der Waals surface area contributed by atoms with Gasteiger partial charge in [0.1, 0.15) is 11.4 Å². The summed E-state index contributed by atoms with van der Waals surface area (Å²) in [6, 6.07) is 11.5.